The fraction of sp³-hybridized carbons (Fsp3) is 0.214. The van der Waals surface area contributed by atoms with E-state index in [0.29, 0.717) is 17.1 Å². The Morgan fingerprint density at radius 3 is 0.891 bits per heavy atom. The van der Waals surface area contributed by atoms with Gasteiger partial charge in [0.25, 0.3) is 0 Å². The second-order valence-corrected chi connectivity index (χ2v) is 13.6. The number of pyridine rings is 3. The van der Waals surface area contributed by atoms with E-state index >= 15 is 0 Å². The average Bonchev–Trinajstić information content (AvgIpc) is 3.16. The fourth-order valence-corrected chi connectivity index (χ4v) is 5.92. The molecule has 0 aliphatic carbocycles. The maximum atomic E-state index is 13.7. The molecule has 3 aliphatic rings. The van der Waals surface area contributed by atoms with Crippen molar-refractivity contribution in [2.45, 2.75) is 58.0 Å². The first-order valence-electron chi connectivity index (χ1n) is 17.7. The number of halogens is 12. The van der Waals surface area contributed by atoms with Crippen LogP contribution in [0, 0.1) is 39.0 Å². The maximum Gasteiger partial charge on any atom is 3.00 e. The van der Waals surface area contributed by atoms with Crippen LogP contribution in [-0.2, 0) is 52.6 Å². The zero-order chi connectivity index (χ0) is 45.8. The summed E-state index contributed by atoms with van der Waals surface area (Å²) in [5.41, 5.74) is 2.13. The molecule has 0 radical (unpaired) electrons. The van der Waals surface area contributed by atoms with Gasteiger partial charge < -0.3 is 29.2 Å². The molecule has 0 N–H and O–H groups in total. The van der Waals surface area contributed by atoms with Gasteiger partial charge in [-0.2, -0.15) is 26.3 Å². The van der Waals surface area contributed by atoms with Crippen LogP contribution >= 0.6 is 0 Å². The summed E-state index contributed by atoms with van der Waals surface area (Å²) < 4.78 is 182. The molecule has 0 saturated carbocycles. The van der Waals surface area contributed by atoms with Crippen molar-refractivity contribution in [3.63, 3.8) is 0 Å². The number of hydrogen-bond donors (Lipinski definition) is 0. The number of rotatable bonds is 3. The molecule has 0 atom stereocenters. The van der Waals surface area contributed by atoms with Crippen molar-refractivity contribution in [3.8, 4) is 51.0 Å². The third-order valence-electron chi connectivity index (χ3n) is 8.68. The van der Waals surface area contributed by atoms with Gasteiger partial charge in [0.15, 0.2) is 0 Å². The fourth-order valence-electron chi connectivity index (χ4n) is 5.92. The second kappa shape index (κ2) is 17.3. The van der Waals surface area contributed by atoms with Crippen molar-refractivity contribution in [2.75, 3.05) is 0 Å². The van der Waals surface area contributed by atoms with Crippen molar-refractivity contribution in [1.82, 2.24) is 15.0 Å². The summed E-state index contributed by atoms with van der Waals surface area (Å²) in [6.07, 6.45) is -21.1. The van der Waals surface area contributed by atoms with Crippen LogP contribution in [0.1, 0.15) is 33.4 Å². The van der Waals surface area contributed by atoms with E-state index in [1.165, 1.54) is 18.6 Å². The summed E-state index contributed by atoms with van der Waals surface area (Å²) in [5.74, 6) is -2.02. The molecule has 0 spiro atoms. The second-order valence-electron chi connectivity index (χ2n) is 13.6. The Bertz CT molecular complexity index is 2400. The van der Waals surface area contributed by atoms with Crippen LogP contribution in [-0.4, -0.2) is 33.8 Å². The van der Waals surface area contributed by atoms with Gasteiger partial charge in [-0.3, -0.25) is 0 Å². The molecule has 9 nitrogen and oxygen atoms in total. The van der Waals surface area contributed by atoms with E-state index in [4.69, 9.17) is 0 Å². The monoisotopic (exact) mass is 1090 g/mol. The molecule has 0 fully saturated rings. The van der Waals surface area contributed by atoms with E-state index in [1.54, 1.807) is 36.4 Å². The van der Waals surface area contributed by atoms with Crippen molar-refractivity contribution in [1.29, 1.82) is 0 Å². The first-order chi connectivity index (χ1) is 29.3. The van der Waals surface area contributed by atoms with Crippen LogP contribution < -0.4 is 14.2 Å². The van der Waals surface area contributed by atoms with Crippen LogP contribution in [0.15, 0.2) is 91.4 Å². The van der Waals surface area contributed by atoms with E-state index in [9.17, 15) is 52.7 Å². The summed E-state index contributed by atoms with van der Waals surface area (Å²) in [4.78, 5) is 12.1. The van der Waals surface area contributed by atoms with Gasteiger partial charge in [0, 0.05) is 35.3 Å². The van der Waals surface area contributed by atoms with Crippen LogP contribution in [0.4, 0.5) is 52.7 Å². The quantitative estimate of drug-likeness (QED) is 0.127. The topological polar surface area (TPSA) is 94.1 Å². The van der Waals surface area contributed by atoms with E-state index in [-0.39, 0.29) is 36.8 Å². The molecule has 3 aromatic heterocycles. The summed E-state index contributed by atoms with van der Waals surface area (Å²) in [5, 5.41) is 0. The van der Waals surface area contributed by atoms with Gasteiger partial charge in [0.1, 0.15) is 0 Å². The zero-order valence-electron chi connectivity index (χ0n) is 32.3. The molecule has 0 unspecified atom stereocenters. The molecular formula is C42H24F12IrN3O6. The molecule has 0 saturated heterocycles. The molecule has 0 amide bonds. The average molecular weight is 1090 g/mol. The summed E-state index contributed by atoms with van der Waals surface area (Å²) in [6, 6.07) is 23.7. The van der Waals surface area contributed by atoms with E-state index < -0.39 is 71.1 Å². The molecular weight excluding hydrogens is 1060 g/mol. The third-order valence-corrected chi connectivity index (χ3v) is 8.68. The van der Waals surface area contributed by atoms with E-state index in [0.717, 1.165) is 53.1 Å². The number of benzene rings is 3. The predicted molar refractivity (Wildman–Crippen MR) is 191 cm³/mol. The number of fused-ring (bicyclic) bond motifs is 3. The van der Waals surface area contributed by atoms with Crippen LogP contribution in [0.5, 0.6) is 17.2 Å². The van der Waals surface area contributed by atoms with Crippen molar-refractivity contribution >= 4 is 0 Å². The van der Waals surface area contributed by atoms with Crippen molar-refractivity contribution in [3.05, 3.63) is 143 Å². The van der Waals surface area contributed by atoms with Gasteiger partial charge in [-0.15, -0.1) is 97.6 Å². The summed E-state index contributed by atoms with van der Waals surface area (Å²) >= 11 is 0. The molecule has 6 heterocycles. The number of aromatic nitrogens is 3. The number of ether oxygens (including phenoxy) is 6. The van der Waals surface area contributed by atoms with Gasteiger partial charge in [0.05, 0.1) is 17.2 Å². The van der Waals surface area contributed by atoms with Crippen LogP contribution in [0.3, 0.4) is 0 Å². The minimum atomic E-state index is -4.38. The van der Waals surface area contributed by atoms with Gasteiger partial charge in [-0.1, -0.05) is 34.9 Å². The number of nitrogens with zero attached hydrogens (tertiary/aromatic N) is 3. The van der Waals surface area contributed by atoms with Crippen molar-refractivity contribution in [2.24, 2.45) is 0 Å². The standard InChI is InChI=1S/3C14H8F4NO2.Ir/c3*1-8-4-5-19-11(6-8)9-2-3-12-10(7-9)13(15,16)21-14(17,18)20-12;/h3*3-7H,1H3;/q3*-1;+3. The Labute approximate surface area is 367 Å². The van der Waals surface area contributed by atoms with Gasteiger partial charge in [0.2, 0.25) is 0 Å². The summed E-state index contributed by atoms with van der Waals surface area (Å²) in [7, 11) is 0. The van der Waals surface area contributed by atoms with Crippen molar-refractivity contribution < 1.29 is 101 Å². The van der Waals surface area contributed by atoms with Crippen LogP contribution in [0.2, 0.25) is 0 Å². The molecule has 9 rings (SSSR count). The molecule has 22 heteroatoms. The number of hydrogen-bond acceptors (Lipinski definition) is 9. The first kappa shape index (κ1) is 47.7. The largest absolute Gasteiger partial charge is 3.00 e. The molecule has 6 aromatic rings. The Kier molecular flexibility index (Phi) is 12.9. The SMILES string of the molecule is Cc1ccnc(-c2[c-]cc3c(c2)C(F)(F)OC(F)(F)O3)c1.Cc1ccnc(-c2[c-]cc3c(c2)C(F)(F)OC(F)(F)O3)c1.Cc1ccnc(-c2[c-]cc3c(c2)C(F)(F)OC(F)(F)O3)c1.[Ir+3]. The van der Waals surface area contributed by atoms with Gasteiger partial charge in [-0.05, 0) is 56.1 Å². The zero-order valence-corrected chi connectivity index (χ0v) is 34.7. The van der Waals surface area contributed by atoms with Gasteiger partial charge >= 0.3 is 57.3 Å². The predicted octanol–water partition coefficient (Wildman–Crippen LogP) is 11.6. The molecule has 336 valence electrons. The Hall–Kier alpha value is -5.80. The molecule has 64 heavy (non-hydrogen) atoms. The Morgan fingerprint density at radius 1 is 0.406 bits per heavy atom. The molecule has 0 bridgehead atoms. The normalized spacial score (nSPS) is 18.4. The summed E-state index contributed by atoms with van der Waals surface area (Å²) in [6.45, 7) is 5.43. The Balaban J connectivity index is 0.000000158. The maximum absolute atomic E-state index is 13.7. The minimum Gasteiger partial charge on any atom is -0.457 e. The third kappa shape index (κ3) is 10.8. The van der Waals surface area contributed by atoms with Crippen LogP contribution in [0.25, 0.3) is 33.8 Å². The number of aryl methyl sites for hydroxylation is 3. The molecule has 3 aromatic carbocycles. The first-order valence-corrected chi connectivity index (χ1v) is 17.7. The van der Waals surface area contributed by atoms with E-state index in [1.807, 2.05) is 20.8 Å². The molecule has 3 aliphatic heterocycles. The number of alkyl halides is 12. The minimum absolute atomic E-state index is 0. The van der Waals surface area contributed by atoms with E-state index in [2.05, 4.69) is 61.6 Å². The smallest absolute Gasteiger partial charge is 0.457 e. The Morgan fingerprint density at radius 2 is 0.656 bits per heavy atom. The van der Waals surface area contributed by atoms with Gasteiger partial charge in [-0.25, -0.2) is 14.2 Å².